The third kappa shape index (κ3) is 9.73. The predicted molar refractivity (Wildman–Crippen MR) is 112 cm³/mol. The van der Waals surface area contributed by atoms with E-state index in [4.69, 9.17) is 14.6 Å². The van der Waals surface area contributed by atoms with Crippen molar-refractivity contribution in [1.82, 2.24) is 20.0 Å². The number of benzene rings is 1. The summed E-state index contributed by atoms with van der Waals surface area (Å²) in [5.74, 6) is -1.73. The van der Waals surface area contributed by atoms with Crippen molar-refractivity contribution in [3.8, 4) is 5.75 Å². The Labute approximate surface area is 187 Å². The maximum Gasteiger partial charge on any atom is 0.490 e. The largest absolute Gasteiger partial charge is 0.492 e. The quantitative estimate of drug-likeness (QED) is 0.631. The van der Waals surface area contributed by atoms with Crippen LogP contribution in [0.3, 0.4) is 0 Å². The Morgan fingerprint density at radius 2 is 1.70 bits per heavy atom. The maximum absolute atomic E-state index is 12.3. The number of rotatable bonds is 7. The highest BCUT2D eigenvalue weighted by Crippen LogP contribution is 2.13. The number of carbonyl (C=O) groups is 2. The number of piperazine rings is 1. The number of aromatic amines is 1. The van der Waals surface area contributed by atoms with Crippen LogP contribution >= 0.6 is 0 Å². The van der Waals surface area contributed by atoms with Crippen molar-refractivity contribution in [1.29, 1.82) is 0 Å². The lowest BCUT2D eigenvalue weighted by Crippen LogP contribution is -2.49. The summed E-state index contributed by atoms with van der Waals surface area (Å²) in [6.45, 7) is 4.71. The Bertz CT molecular complexity index is 924. The number of aromatic nitrogens is 2. The van der Waals surface area contributed by atoms with E-state index in [-0.39, 0.29) is 11.5 Å². The molecule has 1 aliphatic heterocycles. The van der Waals surface area contributed by atoms with Gasteiger partial charge in [-0.25, -0.2) is 9.89 Å². The van der Waals surface area contributed by atoms with Gasteiger partial charge in [-0.3, -0.25) is 14.5 Å². The van der Waals surface area contributed by atoms with Gasteiger partial charge in [-0.1, -0.05) is 18.2 Å². The minimum absolute atomic E-state index is 0.137. The summed E-state index contributed by atoms with van der Waals surface area (Å²) in [5.41, 5.74) is 0.502. The minimum atomic E-state index is -5.08. The zero-order chi connectivity index (χ0) is 24.3. The van der Waals surface area contributed by atoms with Gasteiger partial charge in [-0.15, -0.1) is 0 Å². The number of carboxylic acids is 1. The smallest absolute Gasteiger partial charge is 0.490 e. The molecule has 0 aliphatic carbocycles. The van der Waals surface area contributed by atoms with E-state index in [1.807, 2.05) is 35.2 Å². The molecular formula is C21H25F3N4O5. The normalized spacial score (nSPS) is 14.2. The molecule has 2 N–H and O–H groups in total. The number of aliphatic carboxylic acids is 1. The Hall–Kier alpha value is -3.41. The maximum atomic E-state index is 12.3. The molecule has 1 saturated heterocycles. The first-order chi connectivity index (χ1) is 15.6. The molecule has 2 aromatic rings. The molecule has 0 saturated carbocycles. The topological polar surface area (TPSA) is 116 Å². The summed E-state index contributed by atoms with van der Waals surface area (Å²) in [5, 5.41) is 13.5. The summed E-state index contributed by atoms with van der Waals surface area (Å²) in [7, 11) is 0. The van der Waals surface area contributed by atoms with Crippen molar-refractivity contribution in [3.05, 3.63) is 58.5 Å². The van der Waals surface area contributed by atoms with Gasteiger partial charge in [-0.05, 0) is 18.2 Å². The van der Waals surface area contributed by atoms with Gasteiger partial charge in [0.05, 0.1) is 5.69 Å². The first kappa shape index (κ1) is 25.8. The highest BCUT2D eigenvalue weighted by atomic mass is 19.4. The summed E-state index contributed by atoms with van der Waals surface area (Å²) in [4.78, 5) is 36.4. The van der Waals surface area contributed by atoms with Crippen LogP contribution in [0.2, 0.25) is 0 Å². The molecule has 0 spiro atoms. The molecule has 0 unspecified atom stereocenters. The van der Waals surface area contributed by atoms with Gasteiger partial charge in [0.1, 0.15) is 12.4 Å². The van der Waals surface area contributed by atoms with E-state index < -0.39 is 12.1 Å². The number of hydrogen-bond acceptors (Lipinski definition) is 6. The number of ether oxygens (including phenoxy) is 1. The second kappa shape index (κ2) is 12.6. The predicted octanol–water partition coefficient (Wildman–Crippen LogP) is 1.56. The molecule has 2 heterocycles. The number of nitrogens with one attached hydrogen (secondary N) is 1. The number of amides is 1. The van der Waals surface area contributed by atoms with Gasteiger partial charge >= 0.3 is 12.1 Å². The van der Waals surface area contributed by atoms with Crippen LogP contribution in [-0.4, -0.2) is 82.5 Å². The SMILES string of the molecule is O=C(CCc1ccc(=O)[nH]n1)N1CCN(CCOc2ccccc2)CC1.O=C(O)C(F)(F)F. The van der Waals surface area contributed by atoms with Crippen molar-refractivity contribution in [2.24, 2.45) is 0 Å². The molecule has 3 rings (SSSR count). The van der Waals surface area contributed by atoms with Crippen molar-refractivity contribution in [2.45, 2.75) is 19.0 Å². The summed E-state index contributed by atoms with van der Waals surface area (Å²) < 4.78 is 37.5. The number of H-pyrrole nitrogens is 1. The fraction of sp³-hybridized carbons (Fsp3) is 0.429. The average Bonchev–Trinajstić information content (AvgIpc) is 2.79. The Morgan fingerprint density at radius 1 is 1.06 bits per heavy atom. The molecule has 1 aromatic carbocycles. The van der Waals surface area contributed by atoms with Crippen LogP contribution in [0.4, 0.5) is 13.2 Å². The van der Waals surface area contributed by atoms with Gasteiger partial charge in [0.25, 0.3) is 5.56 Å². The Kier molecular flexibility index (Phi) is 9.85. The second-order valence-corrected chi connectivity index (χ2v) is 7.10. The van der Waals surface area contributed by atoms with Crippen molar-refractivity contribution < 1.29 is 32.6 Å². The second-order valence-electron chi connectivity index (χ2n) is 7.10. The molecule has 0 atom stereocenters. The third-order valence-corrected chi connectivity index (χ3v) is 4.72. The Balaban J connectivity index is 0.000000479. The number of para-hydroxylation sites is 1. The van der Waals surface area contributed by atoms with Crippen LogP contribution < -0.4 is 10.3 Å². The van der Waals surface area contributed by atoms with Crippen LogP contribution in [0, 0.1) is 0 Å². The first-order valence-electron chi connectivity index (χ1n) is 10.2. The van der Waals surface area contributed by atoms with E-state index in [9.17, 15) is 22.8 Å². The molecule has 1 amide bonds. The summed E-state index contributed by atoms with van der Waals surface area (Å²) >= 11 is 0. The van der Waals surface area contributed by atoms with Crippen molar-refractivity contribution in [2.75, 3.05) is 39.3 Å². The number of halogens is 3. The lowest BCUT2D eigenvalue weighted by Gasteiger charge is -2.34. The molecule has 1 fully saturated rings. The van der Waals surface area contributed by atoms with Gasteiger partial charge in [0.15, 0.2) is 0 Å². The van der Waals surface area contributed by atoms with E-state index in [1.54, 1.807) is 6.07 Å². The minimum Gasteiger partial charge on any atom is -0.492 e. The molecule has 1 aliphatic rings. The molecule has 0 bridgehead atoms. The number of alkyl halides is 3. The number of carboxylic acid groups (broad SMARTS) is 1. The van der Waals surface area contributed by atoms with Crippen molar-refractivity contribution >= 4 is 11.9 Å². The molecular weight excluding hydrogens is 445 g/mol. The molecule has 0 radical (unpaired) electrons. The molecule has 33 heavy (non-hydrogen) atoms. The van der Waals surface area contributed by atoms with Gasteiger partial charge < -0.3 is 14.7 Å². The summed E-state index contributed by atoms with van der Waals surface area (Å²) in [6.07, 6.45) is -4.13. The third-order valence-electron chi connectivity index (χ3n) is 4.72. The van der Waals surface area contributed by atoms with E-state index in [1.165, 1.54) is 6.07 Å². The van der Waals surface area contributed by atoms with E-state index in [0.29, 0.717) is 19.4 Å². The van der Waals surface area contributed by atoms with Crippen molar-refractivity contribution in [3.63, 3.8) is 0 Å². The number of hydrogen-bond donors (Lipinski definition) is 2. The lowest BCUT2D eigenvalue weighted by molar-refractivity contribution is -0.192. The van der Waals surface area contributed by atoms with Crippen LogP contribution in [0.1, 0.15) is 12.1 Å². The van der Waals surface area contributed by atoms with E-state index in [2.05, 4.69) is 15.1 Å². The number of aryl methyl sites for hydroxylation is 1. The number of carbonyl (C=O) groups excluding carboxylic acids is 1. The van der Waals surface area contributed by atoms with E-state index >= 15 is 0 Å². The Morgan fingerprint density at radius 3 is 2.24 bits per heavy atom. The van der Waals surface area contributed by atoms with Gasteiger partial charge in [0, 0.05) is 51.6 Å². The zero-order valence-electron chi connectivity index (χ0n) is 17.8. The van der Waals surface area contributed by atoms with Gasteiger partial charge in [-0.2, -0.15) is 18.3 Å². The molecule has 12 heteroatoms. The highest BCUT2D eigenvalue weighted by molar-refractivity contribution is 5.76. The van der Waals surface area contributed by atoms with Crippen LogP contribution in [-0.2, 0) is 16.0 Å². The van der Waals surface area contributed by atoms with E-state index in [0.717, 1.165) is 44.2 Å². The lowest BCUT2D eigenvalue weighted by atomic mass is 10.2. The van der Waals surface area contributed by atoms with Crippen LogP contribution in [0.25, 0.3) is 0 Å². The molecule has 9 nitrogen and oxygen atoms in total. The standard InChI is InChI=1S/C19H24N4O3.C2HF3O2/c24-18-8-6-16(20-21-18)7-9-19(25)23-12-10-22(11-13-23)14-15-26-17-4-2-1-3-5-17;3-2(4,5)1(6)7/h1-6,8H,7,9-15H2,(H,21,24);(H,6,7). The molecule has 1 aromatic heterocycles. The summed E-state index contributed by atoms with van der Waals surface area (Å²) in [6, 6.07) is 12.9. The fourth-order valence-corrected chi connectivity index (χ4v) is 2.94. The number of nitrogens with zero attached hydrogens (tertiary/aromatic N) is 3. The average molecular weight is 470 g/mol. The zero-order valence-corrected chi connectivity index (χ0v) is 17.8. The van der Waals surface area contributed by atoms with Gasteiger partial charge in [0.2, 0.25) is 5.91 Å². The first-order valence-corrected chi connectivity index (χ1v) is 10.2. The molecule has 180 valence electrons. The highest BCUT2D eigenvalue weighted by Gasteiger charge is 2.38. The monoisotopic (exact) mass is 470 g/mol. The fourth-order valence-electron chi connectivity index (χ4n) is 2.94. The van der Waals surface area contributed by atoms with Crippen LogP contribution in [0.15, 0.2) is 47.3 Å². The van der Waals surface area contributed by atoms with Crippen LogP contribution in [0.5, 0.6) is 5.75 Å².